The second kappa shape index (κ2) is 8.01. The zero-order valence-corrected chi connectivity index (χ0v) is 14.9. The number of primary amides is 1. The molecule has 0 aliphatic heterocycles. The van der Waals surface area contributed by atoms with E-state index in [9.17, 15) is 9.18 Å². The fourth-order valence-electron chi connectivity index (χ4n) is 2.34. The third-order valence-electron chi connectivity index (χ3n) is 3.48. The van der Waals surface area contributed by atoms with Crippen LogP contribution < -0.4 is 20.5 Å². The molecule has 0 bridgehead atoms. The summed E-state index contributed by atoms with van der Waals surface area (Å²) in [7, 11) is 3.15. The van der Waals surface area contributed by atoms with E-state index in [1.54, 1.807) is 20.3 Å². The number of carbonyl (C=O) groups is 1. The fraction of sp³-hybridized carbons (Fsp3) is 0.235. The van der Waals surface area contributed by atoms with Gasteiger partial charge in [-0.2, -0.15) is 0 Å². The highest BCUT2D eigenvalue weighted by molar-refractivity contribution is 9.10. The number of halogens is 2. The van der Waals surface area contributed by atoms with Crippen LogP contribution >= 0.6 is 15.9 Å². The second-order valence-electron chi connectivity index (χ2n) is 5.04. The minimum Gasteiger partial charge on any atom is -0.493 e. The van der Waals surface area contributed by atoms with E-state index < -0.39 is 11.7 Å². The van der Waals surface area contributed by atoms with Crippen molar-refractivity contribution < 1.29 is 18.7 Å². The molecule has 0 saturated heterocycles. The Balaban J connectivity index is 2.11. The highest BCUT2D eigenvalue weighted by Gasteiger charge is 2.15. The number of methoxy groups -OCH3 is 2. The zero-order valence-electron chi connectivity index (χ0n) is 13.4. The lowest BCUT2D eigenvalue weighted by Gasteiger charge is -2.13. The van der Waals surface area contributed by atoms with Crippen LogP contribution in [0, 0.1) is 5.82 Å². The highest BCUT2D eigenvalue weighted by Crippen LogP contribution is 2.28. The van der Waals surface area contributed by atoms with Crippen LogP contribution in [0.2, 0.25) is 0 Å². The lowest BCUT2D eigenvalue weighted by atomic mass is 10.1. The quantitative estimate of drug-likeness (QED) is 0.752. The number of rotatable bonds is 7. The van der Waals surface area contributed by atoms with Gasteiger partial charge in [0.15, 0.2) is 11.5 Å². The van der Waals surface area contributed by atoms with Crippen molar-refractivity contribution in [3.05, 3.63) is 51.7 Å². The summed E-state index contributed by atoms with van der Waals surface area (Å²) in [5.74, 6) is -0.181. The first kappa shape index (κ1) is 18.1. The standard InChI is InChI=1S/C17H18BrFN2O3/c1-23-14-4-3-10(7-15(14)24-2)5-6-21-13-9-11(18)8-12(19)16(13)17(20)22/h3-4,7-9,21H,5-6H2,1-2H3,(H2,20,22). The molecule has 0 fully saturated rings. The van der Waals surface area contributed by atoms with Crippen LogP contribution in [0.4, 0.5) is 10.1 Å². The zero-order chi connectivity index (χ0) is 17.7. The van der Waals surface area contributed by atoms with Gasteiger partial charge < -0.3 is 20.5 Å². The van der Waals surface area contributed by atoms with E-state index in [1.165, 1.54) is 6.07 Å². The molecule has 0 radical (unpaired) electrons. The molecule has 2 aromatic rings. The van der Waals surface area contributed by atoms with Gasteiger partial charge in [0.1, 0.15) is 5.82 Å². The summed E-state index contributed by atoms with van der Waals surface area (Å²) < 4.78 is 24.9. The summed E-state index contributed by atoms with van der Waals surface area (Å²) in [6.07, 6.45) is 0.646. The van der Waals surface area contributed by atoms with E-state index in [-0.39, 0.29) is 5.56 Å². The summed E-state index contributed by atoms with van der Waals surface area (Å²) in [4.78, 5) is 11.4. The van der Waals surface area contributed by atoms with Gasteiger partial charge in [-0.3, -0.25) is 4.79 Å². The predicted molar refractivity (Wildman–Crippen MR) is 94.4 cm³/mol. The fourth-order valence-corrected chi connectivity index (χ4v) is 2.77. The van der Waals surface area contributed by atoms with E-state index in [0.29, 0.717) is 34.6 Å². The van der Waals surface area contributed by atoms with Crippen LogP contribution in [0.1, 0.15) is 15.9 Å². The monoisotopic (exact) mass is 396 g/mol. The molecule has 128 valence electrons. The predicted octanol–water partition coefficient (Wildman–Crippen LogP) is 3.36. The van der Waals surface area contributed by atoms with Crippen molar-refractivity contribution in [1.82, 2.24) is 0 Å². The summed E-state index contributed by atoms with van der Waals surface area (Å²) in [5.41, 5.74) is 6.47. The molecular weight excluding hydrogens is 379 g/mol. The van der Waals surface area contributed by atoms with E-state index >= 15 is 0 Å². The number of ether oxygens (including phenoxy) is 2. The largest absolute Gasteiger partial charge is 0.493 e. The van der Waals surface area contributed by atoms with Crippen molar-refractivity contribution in [2.45, 2.75) is 6.42 Å². The molecule has 2 aromatic carbocycles. The minimum absolute atomic E-state index is 0.148. The van der Waals surface area contributed by atoms with Gasteiger partial charge in [0.25, 0.3) is 5.91 Å². The summed E-state index contributed by atoms with van der Waals surface area (Å²) in [5, 5.41) is 3.05. The van der Waals surface area contributed by atoms with E-state index in [2.05, 4.69) is 21.2 Å². The van der Waals surface area contributed by atoms with Crippen molar-refractivity contribution >= 4 is 27.5 Å². The van der Waals surface area contributed by atoms with Crippen LogP contribution in [0.15, 0.2) is 34.8 Å². The van der Waals surface area contributed by atoms with Crippen LogP contribution in [0.25, 0.3) is 0 Å². The normalized spacial score (nSPS) is 10.3. The molecule has 0 atom stereocenters. The van der Waals surface area contributed by atoms with Crippen molar-refractivity contribution in [3.63, 3.8) is 0 Å². The van der Waals surface area contributed by atoms with E-state index in [1.807, 2.05) is 18.2 Å². The molecule has 0 aliphatic carbocycles. The van der Waals surface area contributed by atoms with Gasteiger partial charge in [0.2, 0.25) is 0 Å². The maximum absolute atomic E-state index is 13.9. The first-order valence-electron chi connectivity index (χ1n) is 7.20. The Morgan fingerprint density at radius 3 is 2.54 bits per heavy atom. The molecule has 3 N–H and O–H groups in total. The SMILES string of the molecule is COc1ccc(CCNc2cc(Br)cc(F)c2C(N)=O)cc1OC. The Hall–Kier alpha value is -2.28. The molecule has 0 aromatic heterocycles. The highest BCUT2D eigenvalue weighted by atomic mass is 79.9. The average Bonchev–Trinajstić information content (AvgIpc) is 2.53. The molecular formula is C17H18BrFN2O3. The molecule has 0 heterocycles. The Kier molecular flexibility index (Phi) is 6.03. The average molecular weight is 397 g/mol. The third kappa shape index (κ3) is 4.17. The number of nitrogens with two attached hydrogens (primary N) is 1. The Morgan fingerprint density at radius 2 is 1.92 bits per heavy atom. The number of anilines is 1. The van der Waals surface area contributed by atoms with Gasteiger partial charge in [-0.05, 0) is 36.2 Å². The number of benzene rings is 2. The number of hydrogen-bond donors (Lipinski definition) is 2. The van der Waals surface area contributed by atoms with Gasteiger partial charge in [-0.15, -0.1) is 0 Å². The Bertz CT molecular complexity index is 753. The number of nitrogens with one attached hydrogen (secondary N) is 1. The van der Waals surface area contributed by atoms with E-state index in [0.717, 1.165) is 5.56 Å². The molecule has 1 amide bonds. The molecule has 2 rings (SSSR count). The number of amides is 1. The minimum atomic E-state index is -0.811. The van der Waals surface area contributed by atoms with Crippen molar-refractivity contribution in [2.75, 3.05) is 26.1 Å². The Morgan fingerprint density at radius 1 is 1.21 bits per heavy atom. The van der Waals surface area contributed by atoms with Gasteiger partial charge in [0.05, 0.1) is 25.5 Å². The summed E-state index contributed by atoms with van der Waals surface area (Å²) >= 11 is 3.21. The smallest absolute Gasteiger partial charge is 0.253 e. The lowest BCUT2D eigenvalue weighted by molar-refractivity contribution is 0.0997. The molecule has 7 heteroatoms. The van der Waals surface area contributed by atoms with Crippen molar-refractivity contribution in [1.29, 1.82) is 0 Å². The lowest BCUT2D eigenvalue weighted by Crippen LogP contribution is -2.17. The third-order valence-corrected chi connectivity index (χ3v) is 3.94. The second-order valence-corrected chi connectivity index (χ2v) is 5.96. The van der Waals surface area contributed by atoms with Crippen molar-refractivity contribution in [3.8, 4) is 11.5 Å². The molecule has 5 nitrogen and oxygen atoms in total. The maximum atomic E-state index is 13.9. The van der Waals surface area contributed by atoms with Crippen LogP contribution in [0.3, 0.4) is 0 Å². The van der Waals surface area contributed by atoms with Gasteiger partial charge >= 0.3 is 0 Å². The van der Waals surface area contributed by atoms with Crippen molar-refractivity contribution in [2.24, 2.45) is 5.73 Å². The number of carbonyl (C=O) groups excluding carboxylic acids is 1. The van der Waals surface area contributed by atoms with Crippen LogP contribution in [0.5, 0.6) is 11.5 Å². The molecule has 24 heavy (non-hydrogen) atoms. The first-order valence-corrected chi connectivity index (χ1v) is 7.99. The van der Waals surface area contributed by atoms with Gasteiger partial charge in [-0.25, -0.2) is 4.39 Å². The number of hydrogen-bond acceptors (Lipinski definition) is 4. The summed E-state index contributed by atoms with van der Waals surface area (Å²) in [6, 6.07) is 8.44. The summed E-state index contributed by atoms with van der Waals surface area (Å²) in [6.45, 7) is 0.492. The molecule has 0 unspecified atom stereocenters. The van der Waals surface area contributed by atoms with Gasteiger partial charge in [-0.1, -0.05) is 22.0 Å². The molecule has 0 aliphatic rings. The van der Waals surface area contributed by atoms with Crippen LogP contribution in [-0.2, 0) is 6.42 Å². The first-order chi connectivity index (χ1) is 11.5. The van der Waals surface area contributed by atoms with Gasteiger partial charge in [0, 0.05) is 11.0 Å². The Labute approximate surface area is 148 Å². The van der Waals surface area contributed by atoms with Crippen LogP contribution in [-0.4, -0.2) is 26.7 Å². The molecule has 0 spiro atoms. The van der Waals surface area contributed by atoms with E-state index in [4.69, 9.17) is 15.2 Å². The maximum Gasteiger partial charge on any atom is 0.253 e. The topological polar surface area (TPSA) is 73.6 Å². The molecule has 0 saturated carbocycles.